The number of piperazine rings is 1. The lowest BCUT2D eigenvalue weighted by Crippen LogP contribution is -2.51. The molecule has 1 aliphatic heterocycles. The van der Waals surface area contributed by atoms with Gasteiger partial charge in [-0.15, -0.1) is 0 Å². The van der Waals surface area contributed by atoms with E-state index in [4.69, 9.17) is 14.2 Å². The maximum absolute atomic E-state index is 13.7. The molecule has 0 unspecified atom stereocenters. The summed E-state index contributed by atoms with van der Waals surface area (Å²) in [5.41, 5.74) is -1.09. The molecule has 1 aromatic carbocycles. The number of aromatic nitrogens is 1. The van der Waals surface area contributed by atoms with Crippen LogP contribution in [0.25, 0.3) is 0 Å². The van der Waals surface area contributed by atoms with Crippen LogP contribution in [0.5, 0.6) is 0 Å². The third-order valence-electron chi connectivity index (χ3n) is 5.76. The molecular formula is C29H38N4O8. The number of benzene rings is 1. The maximum Gasteiger partial charge on any atom is 0.424 e. The standard InChI is InChI=1S/C29H38N4O8/c1-28(2,3)40-26(37)33(27(38)41-29(4,5)6)23-17-30-21(18-34)16-22(23)24(35)31-12-14-32(15-13-31)25(36)39-19-20-10-8-7-9-11-20/h7-11,16-17,34H,12-15,18-19H2,1-6H3. The fraction of sp³-hybridized carbons (Fsp3) is 0.483. The molecule has 0 bridgehead atoms. The number of hydrogen-bond donors (Lipinski definition) is 1. The van der Waals surface area contributed by atoms with Crippen molar-refractivity contribution in [2.24, 2.45) is 0 Å². The number of rotatable bonds is 5. The number of pyridine rings is 1. The molecule has 222 valence electrons. The molecular weight excluding hydrogens is 532 g/mol. The summed E-state index contributed by atoms with van der Waals surface area (Å²) in [5, 5.41) is 9.69. The molecule has 41 heavy (non-hydrogen) atoms. The normalized spacial score (nSPS) is 13.8. The van der Waals surface area contributed by atoms with Crippen LogP contribution in [0.2, 0.25) is 0 Å². The van der Waals surface area contributed by atoms with Gasteiger partial charge in [-0.2, -0.15) is 4.90 Å². The summed E-state index contributed by atoms with van der Waals surface area (Å²) in [6.45, 7) is 10.3. The number of anilines is 1. The molecule has 1 aromatic heterocycles. The van der Waals surface area contributed by atoms with Crippen molar-refractivity contribution in [2.75, 3.05) is 31.1 Å². The van der Waals surface area contributed by atoms with Gasteiger partial charge in [-0.1, -0.05) is 30.3 Å². The quantitative estimate of drug-likeness (QED) is 0.520. The molecule has 1 fully saturated rings. The molecule has 1 aliphatic rings. The first-order valence-electron chi connectivity index (χ1n) is 13.3. The second-order valence-electron chi connectivity index (χ2n) is 11.5. The third-order valence-corrected chi connectivity index (χ3v) is 5.76. The Hall–Kier alpha value is -4.19. The Morgan fingerprint density at radius 1 is 0.878 bits per heavy atom. The van der Waals surface area contributed by atoms with Gasteiger partial charge in [0, 0.05) is 26.2 Å². The largest absolute Gasteiger partial charge is 0.445 e. The Balaban J connectivity index is 1.82. The van der Waals surface area contributed by atoms with Gasteiger partial charge in [-0.05, 0) is 53.2 Å². The van der Waals surface area contributed by atoms with Gasteiger partial charge in [0.2, 0.25) is 0 Å². The van der Waals surface area contributed by atoms with Gasteiger partial charge >= 0.3 is 18.3 Å². The topological polar surface area (TPSA) is 139 Å². The van der Waals surface area contributed by atoms with E-state index in [1.165, 1.54) is 15.9 Å². The Morgan fingerprint density at radius 3 is 1.93 bits per heavy atom. The second-order valence-corrected chi connectivity index (χ2v) is 11.5. The molecule has 1 N–H and O–H groups in total. The lowest BCUT2D eigenvalue weighted by Gasteiger charge is -2.35. The molecule has 12 heteroatoms. The van der Waals surface area contributed by atoms with E-state index >= 15 is 0 Å². The van der Waals surface area contributed by atoms with E-state index in [1.54, 1.807) is 41.5 Å². The van der Waals surface area contributed by atoms with E-state index in [0.29, 0.717) is 4.90 Å². The zero-order valence-corrected chi connectivity index (χ0v) is 24.4. The van der Waals surface area contributed by atoms with Crippen LogP contribution in [0.1, 0.15) is 63.2 Å². The summed E-state index contributed by atoms with van der Waals surface area (Å²) in [6.07, 6.45) is -1.44. The van der Waals surface area contributed by atoms with Gasteiger partial charge < -0.3 is 29.1 Å². The lowest BCUT2D eigenvalue weighted by atomic mass is 10.1. The van der Waals surface area contributed by atoms with Gasteiger partial charge in [-0.25, -0.2) is 14.4 Å². The average molecular weight is 571 g/mol. The minimum absolute atomic E-state index is 0.0547. The van der Waals surface area contributed by atoms with Crippen LogP contribution in [0.15, 0.2) is 42.6 Å². The first kappa shape index (κ1) is 31.3. The Morgan fingerprint density at radius 2 is 1.41 bits per heavy atom. The number of carbonyl (C=O) groups is 4. The van der Waals surface area contributed by atoms with Crippen LogP contribution in [0, 0.1) is 0 Å². The van der Waals surface area contributed by atoms with Crippen molar-refractivity contribution in [3.05, 3.63) is 59.4 Å². The average Bonchev–Trinajstić information content (AvgIpc) is 2.90. The number of carbonyl (C=O) groups excluding carboxylic acids is 4. The Kier molecular flexibility index (Phi) is 9.92. The van der Waals surface area contributed by atoms with E-state index in [9.17, 15) is 24.3 Å². The molecule has 2 aromatic rings. The van der Waals surface area contributed by atoms with E-state index in [1.807, 2.05) is 30.3 Å². The highest BCUT2D eigenvalue weighted by Crippen LogP contribution is 2.27. The zero-order chi connectivity index (χ0) is 30.4. The Bertz CT molecular complexity index is 1220. The van der Waals surface area contributed by atoms with Gasteiger partial charge in [0.05, 0.1) is 29.7 Å². The third kappa shape index (κ3) is 8.90. The SMILES string of the molecule is CC(C)(C)OC(=O)N(C(=O)OC(C)(C)C)c1cnc(CO)cc1C(=O)N1CCN(C(=O)OCc2ccccc2)CC1. The fourth-order valence-electron chi connectivity index (χ4n) is 3.89. The smallest absolute Gasteiger partial charge is 0.424 e. The van der Waals surface area contributed by atoms with Crippen molar-refractivity contribution in [2.45, 2.75) is 66.0 Å². The van der Waals surface area contributed by atoms with Crippen molar-refractivity contribution in [1.29, 1.82) is 0 Å². The molecule has 3 rings (SSSR count). The van der Waals surface area contributed by atoms with Crippen LogP contribution < -0.4 is 4.90 Å². The van der Waals surface area contributed by atoms with Crippen LogP contribution in [-0.4, -0.2) is 81.5 Å². The highest BCUT2D eigenvalue weighted by Gasteiger charge is 2.37. The number of amides is 4. The van der Waals surface area contributed by atoms with Crippen molar-refractivity contribution >= 4 is 29.9 Å². The highest BCUT2D eigenvalue weighted by atomic mass is 16.6. The van der Waals surface area contributed by atoms with Crippen molar-refractivity contribution in [3.8, 4) is 0 Å². The molecule has 0 radical (unpaired) electrons. The zero-order valence-electron chi connectivity index (χ0n) is 24.4. The van der Waals surface area contributed by atoms with E-state index in [2.05, 4.69) is 4.98 Å². The predicted molar refractivity (Wildman–Crippen MR) is 149 cm³/mol. The first-order chi connectivity index (χ1) is 19.2. The summed E-state index contributed by atoms with van der Waals surface area (Å²) in [4.78, 5) is 60.5. The minimum atomic E-state index is -1.05. The van der Waals surface area contributed by atoms with Crippen molar-refractivity contribution in [3.63, 3.8) is 0 Å². The van der Waals surface area contributed by atoms with Crippen LogP contribution >= 0.6 is 0 Å². The molecule has 12 nitrogen and oxygen atoms in total. The van der Waals surface area contributed by atoms with Crippen LogP contribution in [0.4, 0.5) is 20.1 Å². The van der Waals surface area contributed by atoms with Gasteiger partial charge in [0.1, 0.15) is 17.8 Å². The van der Waals surface area contributed by atoms with E-state index in [-0.39, 0.29) is 49.7 Å². The molecule has 4 amide bonds. The number of imide groups is 1. The maximum atomic E-state index is 13.7. The van der Waals surface area contributed by atoms with Gasteiger partial charge in [0.25, 0.3) is 5.91 Å². The number of hydrogen-bond acceptors (Lipinski definition) is 9. The molecule has 1 saturated heterocycles. The van der Waals surface area contributed by atoms with Crippen molar-refractivity contribution in [1.82, 2.24) is 14.8 Å². The molecule has 0 aliphatic carbocycles. The monoisotopic (exact) mass is 570 g/mol. The van der Waals surface area contributed by atoms with Crippen molar-refractivity contribution < 1.29 is 38.5 Å². The fourth-order valence-corrected chi connectivity index (χ4v) is 3.89. The summed E-state index contributed by atoms with van der Waals surface area (Å²) in [6, 6.07) is 10.6. The number of nitrogens with zero attached hydrogens (tertiary/aromatic N) is 4. The highest BCUT2D eigenvalue weighted by molar-refractivity contribution is 6.14. The molecule has 2 heterocycles. The molecule has 0 atom stereocenters. The predicted octanol–water partition coefficient (Wildman–Crippen LogP) is 4.35. The second kappa shape index (κ2) is 13.0. The molecule has 0 saturated carbocycles. The Labute approximate surface area is 239 Å². The summed E-state index contributed by atoms with van der Waals surface area (Å²) in [5.74, 6) is -0.522. The number of aliphatic hydroxyl groups excluding tert-OH is 1. The van der Waals surface area contributed by atoms with Crippen LogP contribution in [0.3, 0.4) is 0 Å². The molecule has 0 spiro atoms. The minimum Gasteiger partial charge on any atom is -0.445 e. The lowest BCUT2D eigenvalue weighted by molar-refractivity contribution is 0.0429. The first-order valence-corrected chi connectivity index (χ1v) is 13.3. The number of aliphatic hydroxyl groups is 1. The summed E-state index contributed by atoms with van der Waals surface area (Å²) < 4.78 is 16.3. The van der Waals surface area contributed by atoms with Gasteiger partial charge in [0.15, 0.2) is 0 Å². The van der Waals surface area contributed by atoms with E-state index in [0.717, 1.165) is 11.8 Å². The number of ether oxygens (including phenoxy) is 3. The van der Waals surface area contributed by atoms with Crippen LogP contribution in [-0.2, 0) is 27.4 Å². The summed E-state index contributed by atoms with van der Waals surface area (Å²) in [7, 11) is 0. The van der Waals surface area contributed by atoms with Gasteiger partial charge in [-0.3, -0.25) is 9.78 Å². The summed E-state index contributed by atoms with van der Waals surface area (Å²) >= 11 is 0. The van der Waals surface area contributed by atoms with E-state index < -0.39 is 42.0 Å².